The van der Waals surface area contributed by atoms with Crippen LogP contribution in [0.5, 0.6) is 0 Å². The highest BCUT2D eigenvalue weighted by atomic mass is 16.1. The van der Waals surface area contributed by atoms with Gasteiger partial charge in [0, 0.05) is 12.5 Å². The van der Waals surface area contributed by atoms with E-state index in [0.717, 1.165) is 19.3 Å². The van der Waals surface area contributed by atoms with E-state index >= 15 is 0 Å². The fraction of sp³-hybridized carbons (Fsp3) is 0.818. The molecular formula is C11H22NO. The molecular weight excluding hydrogens is 162 g/mol. The van der Waals surface area contributed by atoms with Gasteiger partial charge in [-0.15, -0.1) is 0 Å². The van der Waals surface area contributed by atoms with Crippen molar-refractivity contribution in [2.45, 2.75) is 58.4 Å². The van der Waals surface area contributed by atoms with Crippen molar-refractivity contribution >= 4 is 5.91 Å². The lowest BCUT2D eigenvalue weighted by Crippen LogP contribution is -2.29. The molecule has 1 amide bonds. The molecule has 0 heterocycles. The van der Waals surface area contributed by atoms with Crippen LogP contribution in [0.25, 0.3) is 0 Å². The minimum atomic E-state index is 0.185. The van der Waals surface area contributed by atoms with Gasteiger partial charge in [-0.1, -0.05) is 32.6 Å². The van der Waals surface area contributed by atoms with Crippen LogP contribution in [-0.4, -0.2) is 11.9 Å². The molecule has 0 aliphatic carbocycles. The predicted octanol–water partition coefficient (Wildman–Crippen LogP) is 2.69. The lowest BCUT2D eigenvalue weighted by Gasteiger charge is -2.07. The molecule has 1 radical (unpaired) electrons. The minimum absolute atomic E-state index is 0.185. The van der Waals surface area contributed by atoms with Crippen LogP contribution in [0.4, 0.5) is 0 Å². The standard InChI is InChI=1S/C11H22NO/c1-4-5-6-7-8-9-11(13)12-10(2)3/h10H,1,4-9H2,2-3H3,(H,12,13). The number of carbonyl (C=O) groups is 1. The Bertz CT molecular complexity index is 132. The fourth-order valence-corrected chi connectivity index (χ4v) is 1.21. The van der Waals surface area contributed by atoms with Gasteiger partial charge in [-0.25, -0.2) is 0 Å². The van der Waals surface area contributed by atoms with Gasteiger partial charge in [0.2, 0.25) is 5.91 Å². The van der Waals surface area contributed by atoms with E-state index in [1.54, 1.807) is 0 Å². The molecule has 0 saturated carbocycles. The van der Waals surface area contributed by atoms with Gasteiger partial charge >= 0.3 is 0 Å². The molecule has 2 nitrogen and oxygen atoms in total. The molecule has 0 bridgehead atoms. The van der Waals surface area contributed by atoms with Crippen LogP contribution < -0.4 is 5.32 Å². The summed E-state index contributed by atoms with van der Waals surface area (Å²) in [7, 11) is 0. The van der Waals surface area contributed by atoms with E-state index in [-0.39, 0.29) is 11.9 Å². The smallest absolute Gasteiger partial charge is 0.220 e. The van der Waals surface area contributed by atoms with E-state index < -0.39 is 0 Å². The van der Waals surface area contributed by atoms with Crippen LogP contribution in [0.1, 0.15) is 52.4 Å². The van der Waals surface area contributed by atoms with Crippen molar-refractivity contribution in [3.8, 4) is 0 Å². The molecule has 0 aromatic carbocycles. The number of hydrogen-bond acceptors (Lipinski definition) is 1. The first-order valence-corrected chi connectivity index (χ1v) is 5.25. The molecule has 0 aliphatic heterocycles. The summed E-state index contributed by atoms with van der Waals surface area (Å²) < 4.78 is 0. The van der Waals surface area contributed by atoms with Crippen molar-refractivity contribution < 1.29 is 4.79 Å². The van der Waals surface area contributed by atoms with Gasteiger partial charge in [0.05, 0.1) is 0 Å². The summed E-state index contributed by atoms with van der Waals surface area (Å²) in [5, 5.41) is 2.88. The van der Waals surface area contributed by atoms with Crippen LogP contribution in [0.15, 0.2) is 0 Å². The molecule has 0 unspecified atom stereocenters. The van der Waals surface area contributed by atoms with E-state index in [9.17, 15) is 4.79 Å². The molecule has 0 saturated heterocycles. The maximum absolute atomic E-state index is 11.2. The van der Waals surface area contributed by atoms with Crippen molar-refractivity contribution in [3.05, 3.63) is 6.92 Å². The number of carbonyl (C=O) groups excluding carboxylic acids is 1. The quantitative estimate of drug-likeness (QED) is 0.606. The predicted molar refractivity (Wildman–Crippen MR) is 56.3 cm³/mol. The zero-order valence-corrected chi connectivity index (χ0v) is 8.94. The normalized spacial score (nSPS) is 10.5. The van der Waals surface area contributed by atoms with E-state index in [1.807, 2.05) is 13.8 Å². The van der Waals surface area contributed by atoms with Crippen LogP contribution in [0.2, 0.25) is 0 Å². The van der Waals surface area contributed by atoms with Gasteiger partial charge in [-0.2, -0.15) is 0 Å². The minimum Gasteiger partial charge on any atom is -0.354 e. The van der Waals surface area contributed by atoms with Crippen molar-refractivity contribution in [1.29, 1.82) is 0 Å². The van der Waals surface area contributed by atoms with E-state index in [4.69, 9.17) is 0 Å². The lowest BCUT2D eigenvalue weighted by atomic mass is 10.1. The summed E-state index contributed by atoms with van der Waals surface area (Å²) in [5.41, 5.74) is 0. The molecule has 0 aliphatic rings. The van der Waals surface area contributed by atoms with Crippen molar-refractivity contribution in [2.24, 2.45) is 0 Å². The summed E-state index contributed by atoms with van der Waals surface area (Å²) in [6.07, 6.45) is 6.25. The lowest BCUT2D eigenvalue weighted by molar-refractivity contribution is -0.121. The third-order valence-corrected chi connectivity index (χ3v) is 1.85. The SMILES string of the molecule is [CH2]CCCCCCC(=O)NC(C)C. The average molecular weight is 184 g/mol. The summed E-state index contributed by atoms with van der Waals surface area (Å²) >= 11 is 0. The summed E-state index contributed by atoms with van der Waals surface area (Å²) in [5.74, 6) is 0.185. The first-order chi connectivity index (χ1) is 6.16. The van der Waals surface area contributed by atoms with Crippen LogP contribution >= 0.6 is 0 Å². The molecule has 0 aromatic heterocycles. The van der Waals surface area contributed by atoms with Gasteiger partial charge in [-0.3, -0.25) is 4.79 Å². The number of amides is 1. The Morgan fingerprint density at radius 2 is 1.85 bits per heavy atom. The zero-order chi connectivity index (χ0) is 10.1. The number of rotatable bonds is 7. The second kappa shape index (κ2) is 8.09. The van der Waals surface area contributed by atoms with Crippen LogP contribution in [0.3, 0.4) is 0 Å². The molecule has 1 N–H and O–H groups in total. The molecule has 0 spiro atoms. The summed E-state index contributed by atoms with van der Waals surface area (Å²) in [6.45, 7) is 7.75. The molecule has 77 valence electrons. The average Bonchev–Trinajstić information content (AvgIpc) is 2.02. The monoisotopic (exact) mass is 184 g/mol. The first kappa shape index (κ1) is 12.5. The molecule has 0 rings (SSSR count). The maximum atomic E-state index is 11.2. The van der Waals surface area contributed by atoms with Gasteiger partial charge in [0.1, 0.15) is 0 Å². The Morgan fingerprint density at radius 1 is 1.23 bits per heavy atom. The molecule has 2 heteroatoms. The summed E-state index contributed by atoms with van der Waals surface area (Å²) in [6, 6.07) is 0.271. The summed E-state index contributed by atoms with van der Waals surface area (Å²) in [4.78, 5) is 11.2. The van der Waals surface area contributed by atoms with Crippen molar-refractivity contribution in [2.75, 3.05) is 0 Å². The van der Waals surface area contributed by atoms with E-state index in [1.165, 1.54) is 12.8 Å². The van der Waals surface area contributed by atoms with Crippen molar-refractivity contribution in [1.82, 2.24) is 5.32 Å². The third-order valence-electron chi connectivity index (χ3n) is 1.85. The Labute approximate surface area is 82.1 Å². The van der Waals surface area contributed by atoms with Gasteiger partial charge < -0.3 is 5.32 Å². The third kappa shape index (κ3) is 9.38. The Kier molecular flexibility index (Phi) is 7.76. The van der Waals surface area contributed by atoms with E-state index in [0.29, 0.717) is 6.42 Å². The Balaban J connectivity index is 3.17. The number of nitrogens with one attached hydrogen (secondary N) is 1. The fourth-order valence-electron chi connectivity index (χ4n) is 1.21. The number of hydrogen-bond donors (Lipinski definition) is 1. The molecule has 13 heavy (non-hydrogen) atoms. The van der Waals surface area contributed by atoms with Gasteiger partial charge in [-0.05, 0) is 20.3 Å². The van der Waals surface area contributed by atoms with Crippen LogP contribution in [-0.2, 0) is 4.79 Å². The highest BCUT2D eigenvalue weighted by molar-refractivity contribution is 5.76. The Morgan fingerprint density at radius 3 is 2.38 bits per heavy atom. The van der Waals surface area contributed by atoms with Gasteiger partial charge in [0.25, 0.3) is 0 Å². The van der Waals surface area contributed by atoms with E-state index in [2.05, 4.69) is 12.2 Å². The first-order valence-electron chi connectivity index (χ1n) is 5.25. The zero-order valence-electron chi connectivity index (χ0n) is 8.94. The molecule has 0 atom stereocenters. The second-order valence-corrected chi connectivity index (χ2v) is 3.74. The molecule has 0 fully saturated rings. The maximum Gasteiger partial charge on any atom is 0.220 e. The number of unbranched alkanes of at least 4 members (excludes halogenated alkanes) is 4. The largest absolute Gasteiger partial charge is 0.354 e. The Hall–Kier alpha value is -0.530. The van der Waals surface area contributed by atoms with Crippen LogP contribution in [0, 0.1) is 6.92 Å². The highest BCUT2D eigenvalue weighted by Gasteiger charge is 2.01. The second-order valence-electron chi connectivity index (χ2n) is 3.74. The topological polar surface area (TPSA) is 29.1 Å². The molecule has 0 aromatic rings. The highest BCUT2D eigenvalue weighted by Crippen LogP contribution is 2.04. The van der Waals surface area contributed by atoms with Gasteiger partial charge in [0.15, 0.2) is 0 Å². The van der Waals surface area contributed by atoms with Crippen molar-refractivity contribution in [3.63, 3.8) is 0 Å².